The van der Waals surface area contributed by atoms with Crippen molar-refractivity contribution in [1.29, 1.82) is 0 Å². The molecule has 0 spiro atoms. The second kappa shape index (κ2) is 3.05. The van der Waals surface area contributed by atoms with E-state index in [1.54, 1.807) is 0 Å². The van der Waals surface area contributed by atoms with Crippen LogP contribution in [-0.4, -0.2) is 11.1 Å². The predicted octanol–water partition coefficient (Wildman–Crippen LogP) is 2.72. The van der Waals surface area contributed by atoms with Crippen LogP contribution in [0.15, 0.2) is 16.5 Å². The SMILES string of the molecule is Cc1c(C(=O)O)oc2c(F)c(F)ccc12. The molecule has 2 rings (SSSR count). The van der Waals surface area contributed by atoms with Crippen LogP contribution in [0.25, 0.3) is 11.0 Å². The van der Waals surface area contributed by atoms with Gasteiger partial charge in [-0.05, 0) is 19.1 Å². The zero-order chi connectivity index (χ0) is 11.2. The topological polar surface area (TPSA) is 50.4 Å². The first kappa shape index (κ1) is 9.64. The van der Waals surface area contributed by atoms with Crippen LogP contribution >= 0.6 is 0 Å². The van der Waals surface area contributed by atoms with E-state index in [2.05, 4.69) is 0 Å². The first-order chi connectivity index (χ1) is 7.02. The van der Waals surface area contributed by atoms with E-state index in [0.717, 1.165) is 6.07 Å². The standard InChI is InChI=1S/C10H6F2O3/c1-4-5-2-3-6(11)7(12)9(5)15-8(4)10(13)14/h2-3H,1H3,(H,13,14). The fourth-order valence-corrected chi connectivity index (χ4v) is 1.43. The van der Waals surface area contributed by atoms with E-state index in [9.17, 15) is 13.6 Å². The number of benzene rings is 1. The number of halogens is 2. The molecule has 0 aliphatic heterocycles. The van der Waals surface area contributed by atoms with Gasteiger partial charge in [0.05, 0.1) is 0 Å². The highest BCUT2D eigenvalue weighted by Gasteiger charge is 2.20. The molecule has 0 saturated heterocycles. The molecular weight excluding hydrogens is 206 g/mol. The number of fused-ring (bicyclic) bond motifs is 1. The number of carboxylic acid groups (broad SMARTS) is 1. The third-order valence-electron chi connectivity index (χ3n) is 2.19. The lowest BCUT2D eigenvalue weighted by atomic mass is 10.1. The third-order valence-corrected chi connectivity index (χ3v) is 2.19. The fraction of sp³-hybridized carbons (Fsp3) is 0.100. The van der Waals surface area contributed by atoms with Gasteiger partial charge in [0.25, 0.3) is 0 Å². The molecule has 0 atom stereocenters. The molecular formula is C10H6F2O3. The average Bonchev–Trinajstić information content (AvgIpc) is 2.51. The molecule has 1 aromatic heterocycles. The second-order valence-corrected chi connectivity index (χ2v) is 3.10. The number of hydrogen-bond donors (Lipinski definition) is 1. The first-order valence-electron chi connectivity index (χ1n) is 4.12. The fourth-order valence-electron chi connectivity index (χ4n) is 1.43. The zero-order valence-electron chi connectivity index (χ0n) is 7.67. The third kappa shape index (κ3) is 1.27. The van der Waals surface area contributed by atoms with Gasteiger partial charge in [0, 0.05) is 10.9 Å². The van der Waals surface area contributed by atoms with Gasteiger partial charge >= 0.3 is 5.97 Å². The highest BCUT2D eigenvalue weighted by molar-refractivity contribution is 5.95. The monoisotopic (exact) mass is 212 g/mol. The number of aromatic carboxylic acids is 1. The van der Waals surface area contributed by atoms with Gasteiger partial charge in [-0.3, -0.25) is 0 Å². The van der Waals surface area contributed by atoms with Crippen molar-refractivity contribution in [2.45, 2.75) is 6.92 Å². The van der Waals surface area contributed by atoms with Crippen LogP contribution in [0.1, 0.15) is 16.1 Å². The summed E-state index contributed by atoms with van der Waals surface area (Å²) >= 11 is 0. The van der Waals surface area contributed by atoms with Gasteiger partial charge < -0.3 is 9.52 Å². The molecule has 0 aliphatic carbocycles. The molecule has 3 nitrogen and oxygen atoms in total. The quantitative estimate of drug-likeness (QED) is 0.790. The smallest absolute Gasteiger partial charge is 0.372 e. The lowest BCUT2D eigenvalue weighted by Crippen LogP contribution is -1.94. The van der Waals surface area contributed by atoms with Crippen LogP contribution in [0.2, 0.25) is 0 Å². The van der Waals surface area contributed by atoms with Crippen LogP contribution in [-0.2, 0) is 0 Å². The van der Waals surface area contributed by atoms with Crippen molar-refractivity contribution >= 4 is 16.9 Å². The molecule has 0 amide bonds. The largest absolute Gasteiger partial charge is 0.475 e. The maximum absolute atomic E-state index is 13.2. The lowest BCUT2D eigenvalue weighted by molar-refractivity contribution is 0.0663. The normalized spacial score (nSPS) is 10.9. The molecule has 15 heavy (non-hydrogen) atoms. The molecule has 5 heteroatoms. The van der Waals surface area contributed by atoms with Gasteiger partial charge in [0.2, 0.25) is 11.6 Å². The van der Waals surface area contributed by atoms with Crippen molar-refractivity contribution in [1.82, 2.24) is 0 Å². The van der Waals surface area contributed by atoms with Crippen molar-refractivity contribution in [2.24, 2.45) is 0 Å². The van der Waals surface area contributed by atoms with Crippen LogP contribution in [0.3, 0.4) is 0 Å². The average molecular weight is 212 g/mol. The number of rotatable bonds is 1. The number of carbonyl (C=O) groups is 1. The molecule has 0 bridgehead atoms. The summed E-state index contributed by atoms with van der Waals surface area (Å²) in [4.78, 5) is 10.7. The van der Waals surface area contributed by atoms with Crippen molar-refractivity contribution in [2.75, 3.05) is 0 Å². The maximum Gasteiger partial charge on any atom is 0.372 e. The number of hydrogen-bond acceptors (Lipinski definition) is 2. The molecule has 1 heterocycles. The van der Waals surface area contributed by atoms with Crippen molar-refractivity contribution in [3.05, 3.63) is 35.1 Å². The minimum atomic E-state index is -1.30. The van der Waals surface area contributed by atoms with Crippen molar-refractivity contribution < 1.29 is 23.1 Å². The summed E-state index contributed by atoms with van der Waals surface area (Å²) in [6.45, 7) is 1.48. The Morgan fingerprint density at radius 2 is 2.07 bits per heavy atom. The highest BCUT2D eigenvalue weighted by atomic mass is 19.2. The van der Waals surface area contributed by atoms with E-state index < -0.39 is 17.6 Å². The Hall–Kier alpha value is -1.91. The van der Waals surface area contributed by atoms with Gasteiger partial charge in [0.1, 0.15) is 0 Å². The Balaban J connectivity index is 2.88. The van der Waals surface area contributed by atoms with Crippen molar-refractivity contribution in [3.8, 4) is 0 Å². The molecule has 0 radical (unpaired) electrons. The number of furan rings is 1. The summed E-state index contributed by atoms with van der Waals surface area (Å²) in [7, 11) is 0. The Labute approximate surface area is 82.9 Å². The number of carboxylic acids is 1. The van der Waals surface area contributed by atoms with E-state index >= 15 is 0 Å². The van der Waals surface area contributed by atoms with Gasteiger partial charge in [-0.25, -0.2) is 9.18 Å². The predicted molar refractivity (Wildman–Crippen MR) is 47.8 cm³/mol. The Morgan fingerprint density at radius 3 is 2.67 bits per heavy atom. The minimum absolute atomic E-state index is 0.270. The molecule has 0 unspecified atom stereocenters. The van der Waals surface area contributed by atoms with Crippen LogP contribution < -0.4 is 0 Å². The minimum Gasteiger partial charge on any atom is -0.475 e. The lowest BCUT2D eigenvalue weighted by Gasteiger charge is -1.92. The van der Waals surface area contributed by atoms with Gasteiger partial charge in [-0.1, -0.05) is 0 Å². The molecule has 78 valence electrons. The summed E-state index contributed by atoms with van der Waals surface area (Å²) in [6.07, 6.45) is 0. The van der Waals surface area contributed by atoms with Gasteiger partial charge in [0.15, 0.2) is 11.4 Å². The van der Waals surface area contributed by atoms with Gasteiger partial charge in [-0.15, -0.1) is 0 Å². The van der Waals surface area contributed by atoms with E-state index in [-0.39, 0.29) is 22.3 Å². The molecule has 0 aliphatic rings. The molecule has 0 saturated carbocycles. The molecule has 0 fully saturated rings. The Bertz CT molecular complexity index is 557. The van der Waals surface area contributed by atoms with Crippen LogP contribution in [0.5, 0.6) is 0 Å². The highest BCUT2D eigenvalue weighted by Crippen LogP contribution is 2.28. The number of aryl methyl sites for hydroxylation is 1. The van der Waals surface area contributed by atoms with Crippen LogP contribution in [0, 0.1) is 18.6 Å². The summed E-state index contributed by atoms with van der Waals surface area (Å²) in [6, 6.07) is 2.23. The van der Waals surface area contributed by atoms with E-state index in [4.69, 9.17) is 9.52 Å². The summed E-state index contributed by atoms with van der Waals surface area (Å²) < 4.78 is 30.8. The second-order valence-electron chi connectivity index (χ2n) is 3.10. The summed E-state index contributed by atoms with van der Waals surface area (Å²) in [5, 5.41) is 8.99. The van der Waals surface area contributed by atoms with E-state index in [0.29, 0.717) is 0 Å². The molecule has 1 aromatic carbocycles. The Kier molecular flexibility index (Phi) is 1.96. The molecule has 2 aromatic rings. The van der Waals surface area contributed by atoms with Crippen molar-refractivity contribution in [3.63, 3.8) is 0 Å². The van der Waals surface area contributed by atoms with Crippen LogP contribution in [0.4, 0.5) is 8.78 Å². The summed E-state index contributed by atoms with van der Waals surface area (Å²) in [5.74, 6) is -3.89. The first-order valence-corrected chi connectivity index (χ1v) is 4.12. The van der Waals surface area contributed by atoms with E-state index in [1.807, 2.05) is 0 Å². The maximum atomic E-state index is 13.2. The zero-order valence-corrected chi connectivity index (χ0v) is 7.67. The molecule has 1 N–H and O–H groups in total. The summed E-state index contributed by atoms with van der Waals surface area (Å²) in [5.41, 5.74) is -0.0682. The van der Waals surface area contributed by atoms with E-state index in [1.165, 1.54) is 13.0 Å². The Morgan fingerprint density at radius 1 is 1.40 bits per heavy atom. The van der Waals surface area contributed by atoms with Gasteiger partial charge in [-0.2, -0.15) is 4.39 Å².